The van der Waals surface area contributed by atoms with Gasteiger partial charge in [-0.2, -0.15) is 0 Å². The van der Waals surface area contributed by atoms with Gasteiger partial charge in [0.2, 0.25) is 5.91 Å². The Morgan fingerprint density at radius 3 is 2.42 bits per heavy atom. The standard InChI is InChI=1S/C25H25N3O3/c1-16-11-13-20(14-12-16)28-18(3)24(30)27(25(28)31)15-23(29)26-17(2)21-10-6-8-19-7-4-5-9-22(19)21/h4-14,17-18H,15H2,1-3H3,(H,26,29)/t17-,18+/m1/s1. The van der Waals surface area contributed by atoms with E-state index in [1.54, 1.807) is 6.92 Å². The Balaban J connectivity index is 1.48. The summed E-state index contributed by atoms with van der Waals surface area (Å²) in [4.78, 5) is 40.8. The summed E-state index contributed by atoms with van der Waals surface area (Å²) < 4.78 is 0. The second kappa shape index (κ2) is 8.22. The average Bonchev–Trinajstić information content (AvgIpc) is 2.97. The third kappa shape index (κ3) is 3.89. The highest BCUT2D eigenvalue weighted by Crippen LogP contribution is 2.27. The summed E-state index contributed by atoms with van der Waals surface area (Å²) in [5.74, 6) is -0.751. The summed E-state index contributed by atoms with van der Waals surface area (Å²) in [6.45, 7) is 5.22. The second-order valence-corrected chi connectivity index (χ2v) is 7.95. The number of amides is 4. The van der Waals surface area contributed by atoms with Crippen molar-refractivity contribution >= 4 is 34.3 Å². The molecule has 0 radical (unpaired) electrons. The van der Waals surface area contributed by atoms with E-state index < -0.39 is 12.1 Å². The molecule has 0 bridgehead atoms. The Labute approximate surface area is 181 Å². The van der Waals surface area contributed by atoms with Gasteiger partial charge in [-0.3, -0.25) is 19.4 Å². The van der Waals surface area contributed by atoms with Crippen LogP contribution in [0.1, 0.15) is 31.0 Å². The largest absolute Gasteiger partial charge is 0.348 e. The molecule has 158 valence electrons. The highest BCUT2D eigenvalue weighted by Gasteiger charge is 2.44. The van der Waals surface area contributed by atoms with Crippen LogP contribution in [0.3, 0.4) is 0 Å². The minimum absolute atomic E-state index is 0.267. The molecule has 4 rings (SSSR count). The van der Waals surface area contributed by atoms with Crippen molar-refractivity contribution in [1.29, 1.82) is 0 Å². The van der Waals surface area contributed by atoms with Crippen LogP contribution in [0.2, 0.25) is 0 Å². The number of fused-ring (bicyclic) bond motifs is 1. The van der Waals surface area contributed by atoms with Crippen LogP contribution >= 0.6 is 0 Å². The van der Waals surface area contributed by atoms with Crippen LogP contribution in [0.15, 0.2) is 66.7 Å². The molecule has 1 heterocycles. The predicted octanol–water partition coefficient (Wildman–Crippen LogP) is 4.18. The van der Waals surface area contributed by atoms with Crippen molar-refractivity contribution in [3.8, 4) is 0 Å². The minimum atomic E-state index is -0.654. The molecule has 3 aromatic rings. The van der Waals surface area contributed by atoms with Gasteiger partial charge >= 0.3 is 6.03 Å². The average molecular weight is 415 g/mol. The number of rotatable bonds is 5. The van der Waals surface area contributed by atoms with Crippen LogP contribution in [0.4, 0.5) is 10.5 Å². The Morgan fingerprint density at radius 1 is 1.00 bits per heavy atom. The number of carbonyl (C=O) groups is 3. The van der Waals surface area contributed by atoms with Gasteiger partial charge < -0.3 is 5.32 Å². The van der Waals surface area contributed by atoms with Gasteiger partial charge in [0.15, 0.2) is 0 Å². The number of nitrogens with zero attached hydrogens (tertiary/aromatic N) is 2. The molecule has 1 aliphatic heterocycles. The summed E-state index contributed by atoms with van der Waals surface area (Å²) in [7, 11) is 0. The zero-order valence-electron chi connectivity index (χ0n) is 17.8. The van der Waals surface area contributed by atoms with E-state index in [-0.39, 0.29) is 24.4 Å². The molecule has 0 aliphatic carbocycles. The number of urea groups is 1. The van der Waals surface area contributed by atoms with Crippen LogP contribution in [0.5, 0.6) is 0 Å². The summed E-state index contributed by atoms with van der Waals surface area (Å²) in [6.07, 6.45) is 0. The lowest BCUT2D eigenvalue weighted by Gasteiger charge is -2.20. The van der Waals surface area contributed by atoms with Crippen molar-refractivity contribution in [3.63, 3.8) is 0 Å². The van der Waals surface area contributed by atoms with E-state index in [0.29, 0.717) is 5.69 Å². The van der Waals surface area contributed by atoms with E-state index in [0.717, 1.165) is 26.8 Å². The first-order valence-corrected chi connectivity index (χ1v) is 10.3. The fourth-order valence-corrected chi connectivity index (χ4v) is 4.05. The highest BCUT2D eigenvalue weighted by atomic mass is 16.2. The number of carbonyl (C=O) groups excluding carboxylic acids is 3. The lowest BCUT2D eigenvalue weighted by Crippen LogP contribution is -2.42. The van der Waals surface area contributed by atoms with Crippen LogP contribution in [-0.2, 0) is 9.59 Å². The quantitative estimate of drug-likeness (QED) is 0.636. The van der Waals surface area contributed by atoms with E-state index in [2.05, 4.69) is 5.32 Å². The van der Waals surface area contributed by atoms with Gasteiger partial charge in [0.05, 0.1) is 6.04 Å². The lowest BCUT2D eigenvalue weighted by atomic mass is 10.00. The Kier molecular flexibility index (Phi) is 5.46. The first-order chi connectivity index (χ1) is 14.9. The third-order valence-corrected chi connectivity index (χ3v) is 5.73. The van der Waals surface area contributed by atoms with Gasteiger partial charge in [-0.25, -0.2) is 4.79 Å². The van der Waals surface area contributed by atoms with E-state index in [9.17, 15) is 14.4 Å². The summed E-state index contributed by atoms with van der Waals surface area (Å²) in [6, 6.07) is 19.9. The molecule has 31 heavy (non-hydrogen) atoms. The van der Waals surface area contributed by atoms with E-state index in [4.69, 9.17) is 0 Å². The number of hydrogen-bond donors (Lipinski definition) is 1. The fourth-order valence-electron chi connectivity index (χ4n) is 4.05. The Hall–Kier alpha value is -3.67. The Morgan fingerprint density at radius 2 is 1.68 bits per heavy atom. The summed E-state index contributed by atoms with van der Waals surface area (Å²) >= 11 is 0. The number of aryl methyl sites for hydroxylation is 1. The number of benzene rings is 3. The lowest BCUT2D eigenvalue weighted by molar-refractivity contribution is -0.132. The molecular formula is C25H25N3O3. The number of imide groups is 1. The van der Waals surface area contributed by atoms with Crippen LogP contribution in [0.25, 0.3) is 10.8 Å². The first kappa shape index (κ1) is 20.6. The van der Waals surface area contributed by atoms with Gasteiger partial charge in [0.25, 0.3) is 5.91 Å². The van der Waals surface area contributed by atoms with Crippen molar-refractivity contribution < 1.29 is 14.4 Å². The molecule has 0 unspecified atom stereocenters. The molecule has 0 spiro atoms. The van der Waals surface area contributed by atoms with E-state index >= 15 is 0 Å². The third-order valence-electron chi connectivity index (χ3n) is 5.73. The van der Waals surface area contributed by atoms with Crippen LogP contribution < -0.4 is 10.2 Å². The topological polar surface area (TPSA) is 69.7 Å². The number of hydrogen-bond acceptors (Lipinski definition) is 3. The molecule has 2 atom stereocenters. The molecule has 4 amide bonds. The molecule has 1 saturated heterocycles. The Bertz CT molecular complexity index is 1150. The molecule has 6 nitrogen and oxygen atoms in total. The molecule has 1 aliphatic rings. The summed E-state index contributed by atoms with van der Waals surface area (Å²) in [5.41, 5.74) is 2.69. The van der Waals surface area contributed by atoms with Crippen LogP contribution in [-0.4, -0.2) is 35.3 Å². The van der Waals surface area contributed by atoms with E-state index in [1.807, 2.05) is 80.6 Å². The molecular weight excluding hydrogens is 390 g/mol. The zero-order chi connectivity index (χ0) is 22.1. The van der Waals surface area contributed by atoms with Crippen molar-refractivity contribution in [2.75, 3.05) is 11.4 Å². The molecule has 6 heteroatoms. The van der Waals surface area contributed by atoms with E-state index in [1.165, 1.54) is 4.90 Å². The SMILES string of the molecule is Cc1ccc(N2C(=O)N(CC(=O)N[C@H](C)c3cccc4ccccc34)C(=O)[C@@H]2C)cc1. The monoisotopic (exact) mass is 415 g/mol. The molecule has 0 saturated carbocycles. The van der Waals surface area contributed by atoms with Crippen LogP contribution in [0, 0.1) is 6.92 Å². The predicted molar refractivity (Wildman–Crippen MR) is 121 cm³/mol. The number of anilines is 1. The van der Waals surface area contributed by atoms with Gasteiger partial charge in [0, 0.05) is 5.69 Å². The maximum absolute atomic E-state index is 12.9. The van der Waals surface area contributed by atoms with Crippen molar-refractivity contribution in [2.24, 2.45) is 0 Å². The summed E-state index contributed by atoms with van der Waals surface area (Å²) in [5, 5.41) is 5.08. The van der Waals surface area contributed by atoms with Crippen molar-refractivity contribution in [2.45, 2.75) is 32.9 Å². The van der Waals surface area contributed by atoms with Gasteiger partial charge in [0.1, 0.15) is 12.6 Å². The normalized spacial score (nSPS) is 17.3. The molecule has 0 aromatic heterocycles. The van der Waals surface area contributed by atoms with Gasteiger partial charge in [-0.15, -0.1) is 0 Å². The van der Waals surface area contributed by atoms with Gasteiger partial charge in [-0.1, -0.05) is 60.2 Å². The van der Waals surface area contributed by atoms with Crippen molar-refractivity contribution in [3.05, 3.63) is 77.9 Å². The van der Waals surface area contributed by atoms with Gasteiger partial charge in [-0.05, 0) is 49.2 Å². The minimum Gasteiger partial charge on any atom is -0.348 e. The van der Waals surface area contributed by atoms with Crippen molar-refractivity contribution in [1.82, 2.24) is 10.2 Å². The molecule has 3 aromatic carbocycles. The molecule has 1 N–H and O–H groups in total. The maximum atomic E-state index is 12.9. The first-order valence-electron chi connectivity index (χ1n) is 10.3. The second-order valence-electron chi connectivity index (χ2n) is 7.95. The highest BCUT2D eigenvalue weighted by molar-refractivity contribution is 6.15. The number of nitrogens with one attached hydrogen (secondary N) is 1. The smallest absolute Gasteiger partial charge is 0.332 e. The maximum Gasteiger partial charge on any atom is 0.332 e. The zero-order valence-corrected chi connectivity index (χ0v) is 17.8. The molecule has 1 fully saturated rings. The fraction of sp³-hybridized carbons (Fsp3) is 0.240.